The van der Waals surface area contributed by atoms with E-state index < -0.39 is 5.91 Å². The highest BCUT2D eigenvalue weighted by Crippen LogP contribution is 2.30. The highest BCUT2D eigenvalue weighted by atomic mass is 16.5. The molecule has 1 aromatic heterocycles. The van der Waals surface area contributed by atoms with Gasteiger partial charge in [-0.05, 0) is 19.2 Å². The first-order valence-corrected chi connectivity index (χ1v) is 8.09. The molecule has 0 aliphatic carbocycles. The molecule has 0 aliphatic heterocycles. The Kier molecular flexibility index (Phi) is 6.79. The van der Waals surface area contributed by atoms with Gasteiger partial charge in [-0.3, -0.25) is 4.79 Å². The van der Waals surface area contributed by atoms with Crippen molar-refractivity contribution in [3.05, 3.63) is 29.8 Å². The van der Waals surface area contributed by atoms with Gasteiger partial charge < -0.3 is 30.8 Å². The van der Waals surface area contributed by atoms with Gasteiger partial charge in [-0.25, -0.2) is 4.98 Å². The highest BCUT2D eigenvalue weighted by Gasteiger charge is 2.16. The van der Waals surface area contributed by atoms with Gasteiger partial charge >= 0.3 is 0 Å². The van der Waals surface area contributed by atoms with Crippen molar-refractivity contribution in [2.24, 2.45) is 5.73 Å². The quantitative estimate of drug-likeness (QED) is 0.434. The summed E-state index contributed by atoms with van der Waals surface area (Å²) in [5, 5.41) is 3.04. The number of nitrogen functional groups attached to an aromatic ring is 1. The fourth-order valence-corrected chi connectivity index (χ4v) is 2.45. The van der Waals surface area contributed by atoms with E-state index in [9.17, 15) is 4.79 Å². The molecular formula is C17H25N5O3. The number of carbonyl (C=O) groups is 1. The number of benzene rings is 1. The molecule has 1 amide bonds. The number of hydrogen-bond donors (Lipinski definition) is 3. The molecule has 0 unspecified atom stereocenters. The number of ether oxygens (including phenoxy) is 2. The average molecular weight is 347 g/mol. The van der Waals surface area contributed by atoms with E-state index in [1.165, 1.54) is 0 Å². The Bertz CT molecular complexity index is 754. The van der Waals surface area contributed by atoms with Crippen molar-refractivity contribution in [2.45, 2.75) is 13.0 Å². The number of aromatic nitrogens is 2. The third-order valence-corrected chi connectivity index (χ3v) is 3.65. The summed E-state index contributed by atoms with van der Waals surface area (Å²) < 4.78 is 12.7. The summed E-state index contributed by atoms with van der Waals surface area (Å²) in [4.78, 5) is 15.9. The van der Waals surface area contributed by atoms with Crippen LogP contribution in [0.3, 0.4) is 0 Å². The normalized spacial score (nSPS) is 11.4. The SMILES string of the molecule is CNC/C=C/Cn1c(N)nc2cc(C(N)=O)cc(OCCCOC)c21. The number of rotatable bonds is 10. The maximum absolute atomic E-state index is 11.6. The summed E-state index contributed by atoms with van der Waals surface area (Å²) in [7, 11) is 3.52. The predicted molar refractivity (Wildman–Crippen MR) is 97.7 cm³/mol. The number of primary amides is 1. The van der Waals surface area contributed by atoms with Crippen LogP contribution >= 0.6 is 0 Å². The minimum absolute atomic E-state index is 0.338. The molecule has 0 saturated carbocycles. The number of nitrogens with two attached hydrogens (primary N) is 2. The number of likely N-dealkylation sites (N-methyl/N-ethyl adjacent to an activating group) is 1. The first kappa shape index (κ1) is 18.8. The second-order valence-corrected chi connectivity index (χ2v) is 5.51. The molecule has 0 saturated heterocycles. The lowest BCUT2D eigenvalue weighted by molar-refractivity contribution is 0.1000. The van der Waals surface area contributed by atoms with Crippen LogP contribution in [0.4, 0.5) is 5.95 Å². The molecule has 1 heterocycles. The zero-order chi connectivity index (χ0) is 18.2. The second kappa shape index (κ2) is 9.05. The number of hydrogen-bond acceptors (Lipinski definition) is 6. The minimum atomic E-state index is -0.536. The van der Waals surface area contributed by atoms with Gasteiger partial charge in [0.05, 0.1) is 12.1 Å². The van der Waals surface area contributed by atoms with E-state index in [0.29, 0.717) is 42.5 Å². The number of allylic oxidation sites excluding steroid dienone is 1. The number of methoxy groups -OCH3 is 1. The van der Waals surface area contributed by atoms with Gasteiger partial charge in [-0.15, -0.1) is 0 Å². The lowest BCUT2D eigenvalue weighted by Gasteiger charge is -2.11. The number of nitrogens with one attached hydrogen (secondary N) is 1. The second-order valence-electron chi connectivity index (χ2n) is 5.51. The summed E-state index contributed by atoms with van der Waals surface area (Å²) in [5.74, 6) is 0.353. The van der Waals surface area contributed by atoms with Crippen molar-refractivity contribution >= 4 is 22.9 Å². The molecule has 136 valence electrons. The van der Waals surface area contributed by atoms with E-state index in [-0.39, 0.29) is 0 Å². The van der Waals surface area contributed by atoms with Crippen LogP contribution in [0.5, 0.6) is 5.75 Å². The molecule has 5 N–H and O–H groups in total. The number of nitrogens with zero attached hydrogens (tertiary/aromatic N) is 2. The molecule has 0 aliphatic rings. The average Bonchev–Trinajstić information content (AvgIpc) is 2.91. The number of amides is 1. The van der Waals surface area contributed by atoms with Gasteiger partial charge in [-0.2, -0.15) is 0 Å². The van der Waals surface area contributed by atoms with Gasteiger partial charge in [0, 0.05) is 38.8 Å². The van der Waals surface area contributed by atoms with Gasteiger partial charge in [-0.1, -0.05) is 12.2 Å². The molecule has 8 nitrogen and oxygen atoms in total. The van der Waals surface area contributed by atoms with Crippen LogP contribution in [0, 0.1) is 0 Å². The molecule has 0 radical (unpaired) electrons. The Labute approximate surface area is 146 Å². The lowest BCUT2D eigenvalue weighted by Crippen LogP contribution is -2.12. The van der Waals surface area contributed by atoms with E-state index in [4.69, 9.17) is 20.9 Å². The molecule has 0 atom stereocenters. The fraction of sp³-hybridized carbons (Fsp3) is 0.412. The first-order chi connectivity index (χ1) is 12.1. The molecule has 0 bridgehead atoms. The van der Waals surface area contributed by atoms with E-state index in [0.717, 1.165) is 18.5 Å². The maximum Gasteiger partial charge on any atom is 0.248 e. The standard InChI is InChI=1S/C17H25N5O3/c1-20-6-3-4-7-22-15-13(21-17(22)19)10-12(16(18)23)11-14(15)25-9-5-8-24-2/h3-4,10-11,20H,5-9H2,1-2H3,(H2,18,23)(H2,19,21)/b4-3+. The van der Waals surface area contributed by atoms with Crippen molar-refractivity contribution in [1.82, 2.24) is 14.9 Å². The lowest BCUT2D eigenvalue weighted by atomic mass is 10.1. The summed E-state index contributed by atoms with van der Waals surface area (Å²) in [6, 6.07) is 3.26. The van der Waals surface area contributed by atoms with Crippen LogP contribution in [0.2, 0.25) is 0 Å². The van der Waals surface area contributed by atoms with Crippen molar-refractivity contribution in [1.29, 1.82) is 0 Å². The third-order valence-electron chi connectivity index (χ3n) is 3.65. The van der Waals surface area contributed by atoms with Crippen LogP contribution in [-0.4, -0.2) is 49.4 Å². The largest absolute Gasteiger partial charge is 0.491 e. The molecule has 8 heteroatoms. The van der Waals surface area contributed by atoms with Crippen molar-refractivity contribution in [3.63, 3.8) is 0 Å². The number of anilines is 1. The van der Waals surface area contributed by atoms with E-state index in [1.54, 1.807) is 19.2 Å². The van der Waals surface area contributed by atoms with Gasteiger partial charge in [0.25, 0.3) is 0 Å². The zero-order valence-corrected chi connectivity index (χ0v) is 14.6. The Morgan fingerprint density at radius 1 is 1.36 bits per heavy atom. The van der Waals surface area contributed by atoms with E-state index >= 15 is 0 Å². The molecular weight excluding hydrogens is 322 g/mol. The number of fused-ring (bicyclic) bond motifs is 1. The van der Waals surface area contributed by atoms with Gasteiger partial charge in [0.2, 0.25) is 11.9 Å². The Morgan fingerprint density at radius 2 is 2.16 bits per heavy atom. The predicted octanol–water partition coefficient (Wildman–Crippen LogP) is 0.908. The fourth-order valence-electron chi connectivity index (χ4n) is 2.45. The zero-order valence-electron chi connectivity index (χ0n) is 14.6. The van der Waals surface area contributed by atoms with Crippen LogP contribution in [-0.2, 0) is 11.3 Å². The topological polar surface area (TPSA) is 117 Å². The summed E-state index contributed by atoms with van der Waals surface area (Å²) in [6.45, 7) is 2.35. The summed E-state index contributed by atoms with van der Waals surface area (Å²) in [5.41, 5.74) is 13.1. The Morgan fingerprint density at radius 3 is 2.84 bits per heavy atom. The third kappa shape index (κ3) is 4.71. The minimum Gasteiger partial charge on any atom is -0.491 e. The van der Waals surface area contributed by atoms with Gasteiger partial charge in [0.15, 0.2) is 0 Å². The van der Waals surface area contributed by atoms with E-state index in [2.05, 4.69) is 10.3 Å². The van der Waals surface area contributed by atoms with Crippen molar-refractivity contribution in [2.75, 3.05) is 39.6 Å². The molecule has 2 rings (SSSR count). The van der Waals surface area contributed by atoms with Crippen LogP contribution in [0.1, 0.15) is 16.8 Å². The Balaban J connectivity index is 2.39. The molecule has 0 fully saturated rings. The van der Waals surface area contributed by atoms with Crippen LogP contribution in [0.15, 0.2) is 24.3 Å². The monoisotopic (exact) mass is 347 g/mol. The number of carbonyl (C=O) groups excluding carboxylic acids is 1. The maximum atomic E-state index is 11.6. The van der Waals surface area contributed by atoms with Gasteiger partial charge in [0.1, 0.15) is 11.3 Å². The smallest absolute Gasteiger partial charge is 0.248 e. The molecule has 2 aromatic rings. The Hall–Kier alpha value is -2.58. The van der Waals surface area contributed by atoms with Crippen molar-refractivity contribution in [3.8, 4) is 5.75 Å². The highest BCUT2D eigenvalue weighted by molar-refractivity contribution is 5.98. The summed E-state index contributed by atoms with van der Waals surface area (Å²) in [6.07, 6.45) is 4.72. The molecule has 0 spiro atoms. The number of imidazole rings is 1. The first-order valence-electron chi connectivity index (χ1n) is 8.09. The van der Waals surface area contributed by atoms with Crippen LogP contribution < -0.4 is 21.5 Å². The van der Waals surface area contributed by atoms with Crippen molar-refractivity contribution < 1.29 is 14.3 Å². The molecule has 1 aromatic carbocycles. The van der Waals surface area contributed by atoms with E-state index in [1.807, 2.05) is 23.8 Å². The summed E-state index contributed by atoms with van der Waals surface area (Å²) >= 11 is 0. The molecule has 25 heavy (non-hydrogen) atoms. The van der Waals surface area contributed by atoms with Crippen LogP contribution in [0.25, 0.3) is 11.0 Å².